The summed E-state index contributed by atoms with van der Waals surface area (Å²) in [4.78, 5) is 10.4. The van der Waals surface area contributed by atoms with E-state index in [1.54, 1.807) is 6.07 Å². The lowest BCUT2D eigenvalue weighted by atomic mass is 10.0. The van der Waals surface area contributed by atoms with Gasteiger partial charge in [-0.05, 0) is 31.5 Å². The van der Waals surface area contributed by atoms with E-state index in [1.807, 2.05) is 25.1 Å². The van der Waals surface area contributed by atoms with Gasteiger partial charge in [0.2, 0.25) is 10.8 Å². The van der Waals surface area contributed by atoms with E-state index >= 15 is 0 Å². The van der Waals surface area contributed by atoms with Crippen LogP contribution in [0.5, 0.6) is 5.88 Å². The zero-order valence-electron chi connectivity index (χ0n) is 17.5. The van der Waals surface area contributed by atoms with E-state index in [2.05, 4.69) is 45.0 Å². The Kier molecular flexibility index (Phi) is 5.11. The van der Waals surface area contributed by atoms with E-state index in [0.717, 1.165) is 23.5 Å². The van der Waals surface area contributed by atoms with Crippen LogP contribution in [0.4, 0.5) is 10.1 Å². The number of benzene rings is 2. The van der Waals surface area contributed by atoms with Crippen molar-refractivity contribution in [1.82, 2.24) is 19.5 Å². The third-order valence-electron chi connectivity index (χ3n) is 5.78. The maximum Gasteiger partial charge on any atom is 0.230 e. The van der Waals surface area contributed by atoms with Crippen LogP contribution >= 0.6 is 11.3 Å². The topological polar surface area (TPSA) is 56.9 Å². The molecule has 1 aliphatic rings. The fraction of sp³-hybridized carbons (Fsp3) is 0.304. The molecule has 3 heterocycles. The molecule has 1 fully saturated rings. The Bertz CT molecular complexity index is 1230. The van der Waals surface area contributed by atoms with E-state index < -0.39 is 0 Å². The van der Waals surface area contributed by atoms with Crippen LogP contribution in [0.3, 0.4) is 0 Å². The summed E-state index contributed by atoms with van der Waals surface area (Å²) in [7, 11) is 0. The number of thiazole rings is 1. The first kappa shape index (κ1) is 20.0. The van der Waals surface area contributed by atoms with Crippen molar-refractivity contribution in [2.24, 2.45) is 0 Å². The Morgan fingerprint density at radius 2 is 1.81 bits per heavy atom. The number of aromatic hydroxyl groups is 1. The number of fused-ring (bicyclic) bond motifs is 1. The Morgan fingerprint density at radius 1 is 1.03 bits per heavy atom. The number of halogens is 1. The van der Waals surface area contributed by atoms with Crippen LogP contribution in [0.1, 0.15) is 27.9 Å². The van der Waals surface area contributed by atoms with Crippen molar-refractivity contribution < 1.29 is 9.50 Å². The quantitative estimate of drug-likeness (QED) is 0.520. The van der Waals surface area contributed by atoms with Gasteiger partial charge in [-0.1, -0.05) is 53.3 Å². The van der Waals surface area contributed by atoms with Crippen LogP contribution < -0.4 is 4.90 Å². The van der Waals surface area contributed by atoms with Crippen molar-refractivity contribution >= 4 is 22.0 Å². The molecular weight excluding hydrogens is 413 g/mol. The van der Waals surface area contributed by atoms with Crippen molar-refractivity contribution in [3.8, 4) is 5.88 Å². The number of aromatic nitrogens is 3. The molecule has 1 aliphatic heterocycles. The molecule has 5 rings (SSSR count). The minimum Gasteiger partial charge on any atom is -0.492 e. The Morgan fingerprint density at radius 3 is 2.52 bits per heavy atom. The smallest absolute Gasteiger partial charge is 0.230 e. The summed E-state index contributed by atoms with van der Waals surface area (Å²) in [5, 5.41) is 15.3. The molecule has 0 unspecified atom stereocenters. The van der Waals surface area contributed by atoms with Crippen molar-refractivity contribution in [3.63, 3.8) is 0 Å². The van der Waals surface area contributed by atoms with Gasteiger partial charge < -0.3 is 10.0 Å². The average molecular weight is 438 g/mol. The molecular formula is C23H24FN5OS. The van der Waals surface area contributed by atoms with Gasteiger partial charge in [-0.2, -0.15) is 4.52 Å². The summed E-state index contributed by atoms with van der Waals surface area (Å²) < 4.78 is 15.8. The van der Waals surface area contributed by atoms with Crippen LogP contribution in [-0.2, 0) is 0 Å². The third-order valence-corrected chi connectivity index (χ3v) is 6.86. The molecule has 6 nitrogen and oxygen atoms in total. The van der Waals surface area contributed by atoms with E-state index in [4.69, 9.17) is 0 Å². The number of hydrogen-bond donors (Lipinski definition) is 1. The molecule has 0 radical (unpaired) electrons. The molecule has 0 saturated carbocycles. The molecule has 31 heavy (non-hydrogen) atoms. The largest absolute Gasteiger partial charge is 0.492 e. The second-order valence-electron chi connectivity index (χ2n) is 7.93. The zero-order valence-corrected chi connectivity index (χ0v) is 18.3. The minimum atomic E-state index is -0.190. The van der Waals surface area contributed by atoms with Crippen LogP contribution in [0, 0.1) is 19.7 Å². The van der Waals surface area contributed by atoms with Crippen molar-refractivity contribution in [1.29, 1.82) is 0 Å². The van der Waals surface area contributed by atoms with Crippen molar-refractivity contribution in [2.75, 3.05) is 31.1 Å². The third kappa shape index (κ3) is 3.66. The number of rotatable bonds is 4. The lowest BCUT2D eigenvalue weighted by molar-refractivity contribution is 0.210. The monoisotopic (exact) mass is 437 g/mol. The summed E-state index contributed by atoms with van der Waals surface area (Å²) in [5.74, 6) is 0.590. The van der Waals surface area contributed by atoms with Crippen LogP contribution in [0.25, 0.3) is 4.96 Å². The summed E-state index contributed by atoms with van der Waals surface area (Å²) in [6, 6.07) is 15.2. The van der Waals surface area contributed by atoms with Gasteiger partial charge in [-0.25, -0.2) is 9.37 Å². The van der Waals surface area contributed by atoms with Gasteiger partial charge in [0.15, 0.2) is 0 Å². The first-order chi connectivity index (χ1) is 15.0. The van der Waals surface area contributed by atoms with Crippen LogP contribution in [-0.4, -0.2) is 50.8 Å². The summed E-state index contributed by atoms with van der Waals surface area (Å²) in [6.07, 6.45) is 0. The Hall–Kier alpha value is -2.97. The SMILES string of the molecule is Cc1cccc([C@H](c2sc3nc(C)nn3c2O)N2CCN(c3ccccc3F)CC2)c1. The molecule has 0 amide bonds. The fourth-order valence-corrected chi connectivity index (χ4v) is 5.49. The fourth-order valence-electron chi connectivity index (χ4n) is 4.32. The minimum absolute atomic E-state index is 0.114. The molecule has 0 aliphatic carbocycles. The maximum atomic E-state index is 14.3. The molecule has 2 aromatic carbocycles. The van der Waals surface area contributed by atoms with Crippen LogP contribution in [0.2, 0.25) is 0 Å². The molecule has 0 spiro atoms. The molecule has 1 atom stereocenters. The maximum absolute atomic E-state index is 14.3. The van der Waals surface area contributed by atoms with Gasteiger partial charge in [0.05, 0.1) is 16.6 Å². The van der Waals surface area contributed by atoms with Gasteiger partial charge >= 0.3 is 0 Å². The van der Waals surface area contributed by atoms with Crippen LogP contribution in [0.15, 0.2) is 48.5 Å². The summed E-state index contributed by atoms with van der Waals surface area (Å²) in [6.45, 7) is 6.81. The van der Waals surface area contributed by atoms with Crippen molar-refractivity contribution in [2.45, 2.75) is 19.9 Å². The Labute approximate surface area is 184 Å². The second kappa shape index (κ2) is 7.94. The zero-order chi connectivity index (χ0) is 21.5. The standard InChI is InChI=1S/C23H24FN5OS/c1-15-6-5-7-17(14-15)20(21-22(30)29-23(31-21)25-16(2)26-29)28-12-10-27(11-13-28)19-9-4-3-8-18(19)24/h3-9,14,20,30H,10-13H2,1-2H3/t20-/m1/s1. The number of aryl methyl sites for hydroxylation is 2. The molecule has 8 heteroatoms. The second-order valence-corrected chi connectivity index (χ2v) is 8.94. The summed E-state index contributed by atoms with van der Waals surface area (Å²) >= 11 is 1.47. The number of hydrogen-bond acceptors (Lipinski definition) is 6. The number of anilines is 1. The highest BCUT2D eigenvalue weighted by molar-refractivity contribution is 7.17. The average Bonchev–Trinajstić information content (AvgIpc) is 3.27. The number of piperazine rings is 1. The highest BCUT2D eigenvalue weighted by atomic mass is 32.1. The predicted molar refractivity (Wildman–Crippen MR) is 120 cm³/mol. The van der Waals surface area contributed by atoms with E-state index in [0.29, 0.717) is 29.6 Å². The first-order valence-corrected chi connectivity index (χ1v) is 11.2. The molecule has 0 bridgehead atoms. The molecule has 1 saturated heterocycles. The molecule has 160 valence electrons. The van der Waals surface area contributed by atoms with E-state index in [-0.39, 0.29) is 17.7 Å². The molecule has 2 aromatic heterocycles. The lowest BCUT2D eigenvalue weighted by Crippen LogP contribution is -2.48. The summed E-state index contributed by atoms with van der Waals surface area (Å²) in [5.41, 5.74) is 2.93. The first-order valence-electron chi connectivity index (χ1n) is 10.4. The molecule has 4 aromatic rings. The number of nitrogens with zero attached hydrogens (tertiary/aromatic N) is 5. The highest BCUT2D eigenvalue weighted by Crippen LogP contribution is 2.40. The van der Waals surface area contributed by atoms with Gasteiger partial charge in [-0.15, -0.1) is 5.10 Å². The normalized spacial score (nSPS) is 16.2. The Balaban J connectivity index is 1.49. The van der Waals surface area contributed by atoms with Gasteiger partial charge in [0.25, 0.3) is 0 Å². The van der Waals surface area contributed by atoms with Crippen molar-refractivity contribution in [3.05, 3.63) is 76.2 Å². The van der Waals surface area contributed by atoms with Gasteiger partial charge in [-0.3, -0.25) is 4.90 Å². The lowest BCUT2D eigenvalue weighted by Gasteiger charge is -2.40. The van der Waals surface area contributed by atoms with Gasteiger partial charge in [0, 0.05) is 26.2 Å². The van der Waals surface area contributed by atoms with E-state index in [9.17, 15) is 9.50 Å². The highest BCUT2D eigenvalue weighted by Gasteiger charge is 2.32. The van der Waals surface area contributed by atoms with Gasteiger partial charge in [0.1, 0.15) is 11.6 Å². The molecule has 1 N–H and O–H groups in total. The predicted octanol–water partition coefficient (Wildman–Crippen LogP) is 4.16. The number of para-hydroxylation sites is 1. The van der Waals surface area contributed by atoms with E-state index in [1.165, 1.54) is 27.5 Å².